The molecule has 0 aliphatic heterocycles. The second-order valence-electron chi connectivity index (χ2n) is 26.7. The molecule has 528 valence electrons. The van der Waals surface area contributed by atoms with Gasteiger partial charge in [0.15, 0.2) is 12.2 Å². The summed E-state index contributed by atoms with van der Waals surface area (Å²) in [7, 11) is -9.90. The molecule has 0 radical (unpaired) electrons. The van der Waals surface area contributed by atoms with Crippen LogP contribution in [0.25, 0.3) is 0 Å². The molecule has 5 atom stereocenters. The zero-order valence-corrected chi connectivity index (χ0v) is 59.7. The Morgan fingerprint density at radius 3 is 0.764 bits per heavy atom. The molecule has 0 heterocycles. The van der Waals surface area contributed by atoms with Gasteiger partial charge in [-0.05, 0) is 43.4 Å². The summed E-state index contributed by atoms with van der Waals surface area (Å²) in [4.78, 5) is 72.5. The van der Waals surface area contributed by atoms with Gasteiger partial charge in [0.25, 0.3) is 0 Å². The van der Waals surface area contributed by atoms with Gasteiger partial charge in [0.1, 0.15) is 19.3 Å². The first-order valence-corrected chi connectivity index (χ1v) is 39.3. The van der Waals surface area contributed by atoms with Crippen molar-refractivity contribution in [3.05, 3.63) is 0 Å². The van der Waals surface area contributed by atoms with E-state index >= 15 is 0 Å². The van der Waals surface area contributed by atoms with E-state index in [4.69, 9.17) is 37.0 Å². The van der Waals surface area contributed by atoms with Gasteiger partial charge >= 0.3 is 39.5 Å². The van der Waals surface area contributed by atoms with Crippen molar-refractivity contribution >= 4 is 39.5 Å². The molecule has 0 aliphatic carbocycles. The Labute approximate surface area is 543 Å². The Morgan fingerprint density at radius 2 is 0.517 bits per heavy atom. The van der Waals surface area contributed by atoms with Crippen LogP contribution in [0.2, 0.25) is 0 Å². The van der Waals surface area contributed by atoms with Crippen LogP contribution in [0.5, 0.6) is 0 Å². The van der Waals surface area contributed by atoms with Crippen LogP contribution in [0.4, 0.5) is 0 Å². The molecule has 0 fully saturated rings. The quantitative estimate of drug-likeness (QED) is 0.0222. The van der Waals surface area contributed by atoms with E-state index in [9.17, 15) is 43.2 Å². The molecule has 17 nitrogen and oxygen atoms in total. The third kappa shape index (κ3) is 64.6. The lowest BCUT2D eigenvalue weighted by atomic mass is 10.0. The van der Waals surface area contributed by atoms with Gasteiger partial charge in [-0.3, -0.25) is 37.3 Å². The normalized spacial score (nSPS) is 14.2. The van der Waals surface area contributed by atoms with Gasteiger partial charge < -0.3 is 33.8 Å². The number of hydrogen-bond donors (Lipinski definition) is 3. The number of unbranched alkanes of at least 4 members (excludes halogenated alkanes) is 36. The van der Waals surface area contributed by atoms with Gasteiger partial charge in [-0.25, -0.2) is 9.13 Å². The SMILES string of the molecule is CCCCCCCCCCCC(=O)OC[C@H](COP(=O)(O)OC[C@H](O)COP(=O)(O)OC[C@@H](COC(=O)CCCCCCCCCCCCC(C)C)OC(=O)CCCCCCCCCCCCCCCC(C)C)OC(=O)CCCCCCCCCCC(C)C. The maximum absolute atomic E-state index is 13.0. The number of carbonyl (C=O) groups excluding carboxylic acids is 4. The van der Waals surface area contributed by atoms with Crippen LogP contribution in [0.1, 0.15) is 350 Å². The summed E-state index contributed by atoms with van der Waals surface area (Å²) in [6.45, 7) is 11.8. The molecule has 0 aromatic rings. The van der Waals surface area contributed by atoms with Crippen molar-refractivity contribution in [1.82, 2.24) is 0 Å². The summed E-state index contributed by atoms with van der Waals surface area (Å²) in [6, 6.07) is 0. The summed E-state index contributed by atoms with van der Waals surface area (Å²) >= 11 is 0. The van der Waals surface area contributed by atoms with Gasteiger partial charge in [0.05, 0.1) is 26.4 Å². The van der Waals surface area contributed by atoms with E-state index in [0.717, 1.165) is 108 Å². The van der Waals surface area contributed by atoms with Crippen LogP contribution < -0.4 is 0 Å². The number of aliphatic hydroxyl groups excluding tert-OH is 1. The topological polar surface area (TPSA) is 237 Å². The van der Waals surface area contributed by atoms with E-state index in [2.05, 4.69) is 48.5 Å². The molecule has 0 amide bonds. The first-order valence-electron chi connectivity index (χ1n) is 36.3. The van der Waals surface area contributed by atoms with Gasteiger partial charge in [-0.1, -0.05) is 299 Å². The molecule has 0 saturated heterocycles. The number of phosphoric ester groups is 2. The standard InChI is InChI=1S/C70H136O17P2/c1-8-9-10-11-12-20-30-37-44-51-67(72)80-57-66(87-70(75)54-47-40-33-26-25-29-36-43-50-63(6)7)60-85-89(78,79)83-56-64(71)55-82-88(76,77)84-59-65(58-81-68(73)52-45-38-31-23-19-18-22-28-35-42-49-62(4)5)86-69(74)53-46-39-32-24-17-15-13-14-16-21-27-34-41-48-61(2)3/h61-66,71H,8-60H2,1-7H3,(H,76,77)(H,78,79)/t64-,65-,66-/m1/s1. The zero-order chi connectivity index (χ0) is 65.9. The van der Waals surface area contributed by atoms with Gasteiger partial charge in [-0.15, -0.1) is 0 Å². The van der Waals surface area contributed by atoms with Crippen molar-refractivity contribution in [2.24, 2.45) is 17.8 Å². The number of rotatable bonds is 68. The third-order valence-corrected chi connectivity index (χ3v) is 18.0. The minimum Gasteiger partial charge on any atom is -0.462 e. The fraction of sp³-hybridized carbons (Fsp3) is 0.943. The molecule has 89 heavy (non-hydrogen) atoms. The molecular formula is C70H136O17P2. The Morgan fingerprint density at radius 1 is 0.303 bits per heavy atom. The lowest BCUT2D eigenvalue weighted by Crippen LogP contribution is -2.30. The van der Waals surface area contributed by atoms with Crippen LogP contribution >= 0.6 is 15.6 Å². The highest BCUT2D eigenvalue weighted by atomic mass is 31.2. The molecule has 0 aliphatic rings. The predicted molar refractivity (Wildman–Crippen MR) is 358 cm³/mol. The molecule has 0 saturated carbocycles. The molecule has 2 unspecified atom stereocenters. The lowest BCUT2D eigenvalue weighted by molar-refractivity contribution is -0.161. The fourth-order valence-electron chi connectivity index (χ4n) is 10.5. The Balaban J connectivity index is 5.24. The van der Waals surface area contributed by atoms with E-state index in [0.29, 0.717) is 25.7 Å². The van der Waals surface area contributed by atoms with Crippen molar-refractivity contribution in [3.8, 4) is 0 Å². The Bertz CT molecular complexity index is 1750. The fourth-order valence-corrected chi connectivity index (χ4v) is 12.1. The number of esters is 4. The first kappa shape index (κ1) is 87.1. The van der Waals surface area contributed by atoms with Crippen molar-refractivity contribution in [1.29, 1.82) is 0 Å². The minimum atomic E-state index is -4.95. The smallest absolute Gasteiger partial charge is 0.462 e. The van der Waals surface area contributed by atoms with Crippen molar-refractivity contribution in [2.45, 2.75) is 369 Å². The van der Waals surface area contributed by atoms with Gasteiger partial charge in [0.2, 0.25) is 0 Å². The van der Waals surface area contributed by atoms with E-state index in [1.54, 1.807) is 0 Å². The van der Waals surface area contributed by atoms with E-state index in [1.807, 2.05) is 0 Å². The number of hydrogen-bond acceptors (Lipinski definition) is 15. The molecule has 19 heteroatoms. The summed E-state index contributed by atoms with van der Waals surface area (Å²) < 4.78 is 68.2. The first-order chi connectivity index (χ1) is 42.7. The highest BCUT2D eigenvalue weighted by molar-refractivity contribution is 7.47. The predicted octanol–water partition coefficient (Wildman–Crippen LogP) is 19.8. The summed E-state index contributed by atoms with van der Waals surface area (Å²) in [5.74, 6) is 0.135. The lowest BCUT2D eigenvalue weighted by Gasteiger charge is -2.21. The highest BCUT2D eigenvalue weighted by Gasteiger charge is 2.30. The van der Waals surface area contributed by atoms with E-state index < -0.39 is 97.5 Å². The number of phosphoric acid groups is 2. The maximum atomic E-state index is 13.0. The second kappa shape index (κ2) is 61.0. The van der Waals surface area contributed by atoms with E-state index in [1.165, 1.54) is 161 Å². The maximum Gasteiger partial charge on any atom is 0.472 e. The summed E-state index contributed by atoms with van der Waals surface area (Å²) in [6.07, 6.45) is 44.4. The highest BCUT2D eigenvalue weighted by Crippen LogP contribution is 2.45. The number of ether oxygens (including phenoxy) is 4. The number of carbonyl (C=O) groups is 4. The van der Waals surface area contributed by atoms with Crippen molar-refractivity contribution in [2.75, 3.05) is 39.6 Å². The Hall–Kier alpha value is -1.94. The minimum absolute atomic E-state index is 0.104. The van der Waals surface area contributed by atoms with Gasteiger partial charge in [0, 0.05) is 25.7 Å². The molecule has 0 aromatic heterocycles. The summed E-state index contributed by atoms with van der Waals surface area (Å²) in [5, 5.41) is 10.6. The molecule has 0 aromatic carbocycles. The van der Waals surface area contributed by atoms with Crippen molar-refractivity contribution < 1.29 is 80.2 Å². The number of aliphatic hydroxyl groups is 1. The third-order valence-electron chi connectivity index (χ3n) is 16.1. The Kier molecular flexibility index (Phi) is 59.6. The van der Waals surface area contributed by atoms with Crippen molar-refractivity contribution in [3.63, 3.8) is 0 Å². The van der Waals surface area contributed by atoms with Crippen LogP contribution in [0.3, 0.4) is 0 Å². The molecule has 0 spiro atoms. The van der Waals surface area contributed by atoms with Crippen LogP contribution in [0, 0.1) is 17.8 Å². The average molecular weight is 1310 g/mol. The second-order valence-corrected chi connectivity index (χ2v) is 29.6. The van der Waals surface area contributed by atoms with Crippen LogP contribution in [0.15, 0.2) is 0 Å². The molecule has 0 bridgehead atoms. The molecule has 0 rings (SSSR count). The molecule has 3 N–H and O–H groups in total. The average Bonchev–Trinajstić information content (AvgIpc) is 3.60. The van der Waals surface area contributed by atoms with Gasteiger partial charge in [-0.2, -0.15) is 0 Å². The largest absolute Gasteiger partial charge is 0.472 e. The van der Waals surface area contributed by atoms with Crippen LogP contribution in [-0.4, -0.2) is 96.7 Å². The summed E-state index contributed by atoms with van der Waals surface area (Å²) in [5.41, 5.74) is 0. The van der Waals surface area contributed by atoms with Crippen LogP contribution in [-0.2, 0) is 65.4 Å². The zero-order valence-electron chi connectivity index (χ0n) is 57.9. The molecular weight excluding hydrogens is 1170 g/mol. The monoisotopic (exact) mass is 1310 g/mol. The van der Waals surface area contributed by atoms with E-state index in [-0.39, 0.29) is 25.7 Å².